The monoisotopic (exact) mass is 292 g/mol. The van der Waals surface area contributed by atoms with Gasteiger partial charge in [-0.05, 0) is 11.4 Å². The van der Waals surface area contributed by atoms with Gasteiger partial charge in [-0.1, -0.05) is 0 Å². The Balaban J connectivity index is 2.19. The summed E-state index contributed by atoms with van der Waals surface area (Å²) in [5.41, 5.74) is 0. The normalized spacial score (nSPS) is 17.8. The van der Waals surface area contributed by atoms with E-state index in [1.807, 2.05) is 0 Å². The first-order valence-corrected chi connectivity index (χ1v) is 7.53. The van der Waals surface area contributed by atoms with Crippen LogP contribution in [0.2, 0.25) is 0 Å². The number of carboxylic acids is 1. The Kier molecular flexibility index (Phi) is 3.97. The molecule has 0 radical (unpaired) electrons. The molecule has 0 aliphatic carbocycles. The molecule has 1 aromatic heterocycles. The first-order valence-electron chi connectivity index (χ1n) is 5.16. The first-order chi connectivity index (χ1) is 8.50. The third kappa shape index (κ3) is 2.87. The van der Waals surface area contributed by atoms with Crippen LogP contribution in [0.5, 0.6) is 0 Å². The molecule has 1 aliphatic rings. The molecule has 0 amide bonds. The highest BCUT2D eigenvalue weighted by molar-refractivity contribution is 7.89. The van der Waals surface area contributed by atoms with Crippen LogP contribution < -0.4 is 4.83 Å². The number of ether oxygens (including phenoxy) is 1. The third-order valence-corrected chi connectivity index (χ3v) is 4.82. The van der Waals surface area contributed by atoms with Gasteiger partial charge in [-0.15, -0.1) is 16.2 Å². The van der Waals surface area contributed by atoms with Crippen molar-refractivity contribution in [2.75, 3.05) is 26.3 Å². The lowest BCUT2D eigenvalue weighted by molar-refractivity contribution is 0.0272. The number of hydrogen-bond acceptors (Lipinski definition) is 6. The summed E-state index contributed by atoms with van der Waals surface area (Å²) in [5, 5.41) is 11.9. The highest BCUT2D eigenvalue weighted by atomic mass is 32.2. The minimum absolute atomic E-state index is 0.184. The fraction of sp³-hybridized carbons (Fsp3) is 0.444. The third-order valence-electron chi connectivity index (χ3n) is 2.37. The second kappa shape index (κ2) is 5.33. The molecule has 1 aromatic rings. The van der Waals surface area contributed by atoms with Crippen LogP contribution in [-0.4, -0.2) is 50.8 Å². The topological polar surface area (TPSA) is 95.9 Å². The van der Waals surface area contributed by atoms with Gasteiger partial charge in [-0.2, -0.15) is 0 Å². The number of thiophene rings is 1. The molecular weight excluding hydrogens is 280 g/mol. The molecule has 2 rings (SSSR count). The number of hydrogen-bond donors (Lipinski definition) is 2. The number of carboxylic acid groups (broad SMARTS) is 1. The molecule has 0 aromatic carbocycles. The summed E-state index contributed by atoms with van der Waals surface area (Å²) in [6.07, 6.45) is 0. The van der Waals surface area contributed by atoms with E-state index in [4.69, 9.17) is 9.84 Å². The summed E-state index contributed by atoms with van der Waals surface area (Å²) in [6, 6.07) is 1.29. The molecule has 1 fully saturated rings. The quantitative estimate of drug-likeness (QED) is 0.809. The zero-order chi connectivity index (χ0) is 13.2. The molecule has 7 nitrogen and oxygen atoms in total. The van der Waals surface area contributed by atoms with Crippen molar-refractivity contribution in [3.8, 4) is 0 Å². The fourth-order valence-corrected chi connectivity index (χ4v) is 3.92. The number of aromatic carboxylic acids is 1. The Morgan fingerprint density at radius 3 is 2.72 bits per heavy atom. The standard InChI is InChI=1S/C9H12N2O5S2/c12-9(13)8-7(1-6-17-8)18(14,15)10-11-2-4-16-5-3-11/h1,6,10H,2-5H2,(H,12,13). The average molecular weight is 292 g/mol. The molecule has 100 valence electrons. The van der Waals surface area contributed by atoms with Gasteiger partial charge < -0.3 is 9.84 Å². The van der Waals surface area contributed by atoms with E-state index in [0.29, 0.717) is 26.3 Å². The maximum Gasteiger partial charge on any atom is 0.347 e. The van der Waals surface area contributed by atoms with Gasteiger partial charge in [0.2, 0.25) is 0 Å². The molecular formula is C9H12N2O5S2. The molecule has 0 bridgehead atoms. The fourth-order valence-electron chi connectivity index (χ4n) is 1.54. The van der Waals surface area contributed by atoms with Crippen molar-refractivity contribution < 1.29 is 23.1 Å². The summed E-state index contributed by atoms with van der Waals surface area (Å²) in [7, 11) is -3.84. The number of morpholine rings is 1. The van der Waals surface area contributed by atoms with Gasteiger partial charge in [0.15, 0.2) is 0 Å². The molecule has 0 spiro atoms. The maximum atomic E-state index is 12.0. The molecule has 0 atom stereocenters. The smallest absolute Gasteiger partial charge is 0.347 e. The molecule has 0 saturated carbocycles. The van der Waals surface area contributed by atoms with Crippen LogP contribution in [0.25, 0.3) is 0 Å². The van der Waals surface area contributed by atoms with Crippen molar-refractivity contribution in [3.63, 3.8) is 0 Å². The van der Waals surface area contributed by atoms with E-state index >= 15 is 0 Å². The van der Waals surface area contributed by atoms with Gasteiger partial charge in [0.25, 0.3) is 10.0 Å². The minimum Gasteiger partial charge on any atom is -0.477 e. The first kappa shape index (κ1) is 13.4. The van der Waals surface area contributed by atoms with Crippen molar-refractivity contribution in [2.24, 2.45) is 0 Å². The molecule has 1 aliphatic heterocycles. The van der Waals surface area contributed by atoms with Gasteiger partial charge in [0, 0.05) is 13.1 Å². The van der Waals surface area contributed by atoms with Crippen molar-refractivity contribution >= 4 is 27.3 Å². The van der Waals surface area contributed by atoms with Crippen LogP contribution in [0.1, 0.15) is 9.67 Å². The van der Waals surface area contributed by atoms with Crippen LogP contribution in [-0.2, 0) is 14.8 Å². The average Bonchev–Trinajstić information content (AvgIpc) is 2.79. The van der Waals surface area contributed by atoms with Crippen LogP contribution in [0.15, 0.2) is 16.3 Å². The maximum absolute atomic E-state index is 12.0. The predicted octanol–water partition coefficient (Wildman–Crippen LogP) is -0.0282. The molecule has 1 saturated heterocycles. The summed E-state index contributed by atoms with van der Waals surface area (Å²) in [4.78, 5) is 12.9. The Bertz CT molecular complexity index is 533. The van der Waals surface area contributed by atoms with E-state index in [9.17, 15) is 13.2 Å². The summed E-state index contributed by atoms with van der Waals surface area (Å²) < 4.78 is 29.2. The number of nitrogens with one attached hydrogen (secondary N) is 1. The Labute approximate surface area is 108 Å². The Hall–Kier alpha value is -1.00. The van der Waals surface area contributed by atoms with E-state index in [0.717, 1.165) is 11.3 Å². The van der Waals surface area contributed by atoms with Crippen LogP contribution in [0.3, 0.4) is 0 Å². The molecule has 2 heterocycles. The van der Waals surface area contributed by atoms with Crippen LogP contribution >= 0.6 is 11.3 Å². The number of rotatable bonds is 4. The zero-order valence-electron chi connectivity index (χ0n) is 9.33. The van der Waals surface area contributed by atoms with Crippen molar-refractivity contribution in [2.45, 2.75) is 4.90 Å². The number of nitrogens with zero attached hydrogens (tertiary/aromatic N) is 1. The molecule has 0 unspecified atom stereocenters. The Morgan fingerprint density at radius 1 is 1.44 bits per heavy atom. The SMILES string of the molecule is O=C(O)c1sccc1S(=O)(=O)NN1CCOCC1. The summed E-state index contributed by atoms with van der Waals surface area (Å²) in [5.74, 6) is -1.24. The van der Waals surface area contributed by atoms with Gasteiger partial charge in [-0.3, -0.25) is 0 Å². The highest BCUT2D eigenvalue weighted by Crippen LogP contribution is 2.21. The zero-order valence-corrected chi connectivity index (χ0v) is 11.0. The van der Waals surface area contributed by atoms with E-state index in [1.165, 1.54) is 16.5 Å². The molecule has 2 N–H and O–H groups in total. The second-order valence-corrected chi connectivity index (χ2v) is 6.16. The van der Waals surface area contributed by atoms with Crippen molar-refractivity contribution in [1.82, 2.24) is 9.84 Å². The highest BCUT2D eigenvalue weighted by Gasteiger charge is 2.26. The van der Waals surface area contributed by atoms with Gasteiger partial charge in [0.05, 0.1) is 13.2 Å². The molecule has 9 heteroatoms. The predicted molar refractivity (Wildman–Crippen MR) is 64.0 cm³/mol. The number of sulfonamides is 1. The lowest BCUT2D eigenvalue weighted by Crippen LogP contribution is -2.48. The van der Waals surface area contributed by atoms with E-state index < -0.39 is 16.0 Å². The minimum atomic E-state index is -3.84. The van der Waals surface area contributed by atoms with E-state index in [2.05, 4.69) is 4.83 Å². The number of carbonyl (C=O) groups is 1. The largest absolute Gasteiger partial charge is 0.477 e. The van der Waals surface area contributed by atoms with Gasteiger partial charge >= 0.3 is 5.97 Å². The number of hydrazine groups is 1. The molecule has 18 heavy (non-hydrogen) atoms. The van der Waals surface area contributed by atoms with Crippen LogP contribution in [0.4, 0.5) is 0 Å². The summed E-state index contributed by atoms with van der Waals surface area (Å²) >= 11 is 0.885. The van der Waals surface area contributed by atoms with Crippen LogP contribution in [0, 0.1) is 0 Å². The second-order valence-electron chi connectivity index (χ2n) is 3.61. The van der Waals surface area contributed by atoms with E-state index in [-0.39, 0.29) is 9.77 Å². The van der Waals surface area contributed by atoms with Gasteiger partial charge in [-0.25, -0.2) is 18.2 Å². The van der Waals surface area contributed by atoms with Crippen molar-refractivity contribution in [1.29, 1.82) is 0 Å². The van der Waals surface area contributed by atoms with E-state index in [1.54, 1.807) is 0 Å². The summed E-state index contributed by atoms with van der Waals surface area (Å²) in [6.45, 7) is 1.76. The lowest BCUT2D eigenvalue weighted by atomic mass is 10.5. The lowest BCUT2D eigenvalue weighted by Gasteiger charge is -2.26. The van der Waals surface area contributed by atoms with Crippen molar-refractivity contribution in [3.05, 3.63) is 16.3 Å². The Morgan fingerprint density at radius 2 is 2.11 bits per heavy atom. The van der Waals surface area contributed by atoms with Gasteiger partial charge in [0.1, 0.15) is 9.77 Å².